The number of anilines is 1. The summed E-state index contributed by atoms with van der Waals surface area (Å²) in [5.74, 6) is -0.298. The number of rotatable bonds is 3. The molecule has 8 heteroatoms. The predicted molar refractivity (Wildman–Crippen MR) is 85.1 cm³/mol. The molecule has 1 heterocycles. The zero-order chi connectivity index (χ0) is 17.3. The molecular weight excluding hydrogens is 341 g/mol. The summed E-state index contributed by atoms with van der Waals surface area (Å²) in [6.45, 7) is 0. The number of aromatic hydroxyl groups is 1. The number of aromatic nitrogens is 1. The molecule has 24 heavy (non-hydrogen) atoms. The van der Waals surface area contributed by atoms with Crippen molar-refractivity contribution in [2.75, 3.05) is 5.32 Å². The fourth-order valence-electron chi connectivity index (χ4n) is 2.13. The number of benzene rings is 2. The zero-order valence-corrected chi connectivity index (χ0v) is 12.9. The first-order valence-corrected chi connectivity index (χ1v) is 7.68. The summed E-state index contributed by atoms with van der Waals surface area (Å²) < 4.78 is 38.3. The molecule has 0 saturated heterocycles. The Morgan fingerprint density at radius 1 is 1.17 bits per heavy atom. The van der Waals surface area contributed by atoms with E-state index in [1.54, 1.807) is 6.07 Å². The highest BCUT2D eigenvalue weighted by Crippen LogP contribution is 2.30. The van der Waals surface area contributed by atoms with E-state index >= 15 is 0 Å². The Morgan fingerprint density at radius 2 is 1.88 bits per heavy atom. The van der Waals surface area contributed by atoms with Crippen LogP contribution in [0.5, 0.6) is 5.75 Å². The summed E-state index contributed by atoms with van der Waals surface area (Å²) >= 11 is 1.25. The van der Waals surface area contributed by atoms with Gasteiger partial charge in [0.15, 0.2) is 5.13 Å². The van der Waals surface area contributed by atoms with Crippen LogP contribution < -0.4 is 5.32 Å². The standard InChI is InChI=1S/C16H11F3N2O2S/c17-16(18,19)10-3-1-9(2-4-10)7-14(23)21-15-20-12-8-11(22)5-6-13(12)24-15/h1-6,8,22H,7H2,(H,20,21,23). The molecule has 0 atom stereocenters. The minimum absolute atomic E-state index is 0.0562. The van der Waals surface area contributed by atoms with Gasteiger partial charge in [-0.2, -0.15) is 13.2 Å². The van der Waals surface area contributed by atoms with E-state index in [1.165, 1.54) is 35.6 Å². The molecule has 0 bridgehead atoms. The van der Waals surface area contributed by atoms with Gasteiger partial charge in [-0.15, -0.1) is 0 Å². The Bertz CT molecular complexity index is 888. The third kappa shape index (κ3) is 3.65. The lowest BCUT2D eigenvalue weighted by molar-refractivity contribution is -0.137. The first-order chi connectivity index (χ1) is 11.3. The van der Waals surface area contributed by atoms with Crippen LogP contribution in [0.3, 0.4) is 0 Å². The average Bonchev–Trinajstić information content (AvgIpc) is 2.87. The number of phenols is 1. The maximum absolute atomic E-state index is 12.5. The lowest BCUT2D eigenvalue weighted by Gasteiger charge is -2.07. The minimum Gasteiger partial charge on any atom is -0.508 e. The molecule has 1 aromatic heterocycles. The quantitative estimate of drug-likeness (QED) is 0.743. The number of alkyl halides is 3. The van der Waals surface area contributed by atoms with Crippen LogP contribution >= 0.6 is 11.3 Å². The summed E-state index contributed by atoms with van der Waals surface area (Å²) in [6, 6.07) is 9.14. The molecule has 0 spiro atoms. The van der Waals surface area contributed by atoms with E-state index in [9.17, 15) is 23.1 Å². The molecule has 3 aromatic rings. The third-order valence-corrected chi connectivity index (χ3v) is 4.22. The van der Waals surface area contributed by atoms with Crippen LogP contribution in [0.15, 0.2) is 42.5 Å². The number of nitrogens with one attached hydrogen (secondary N) is 1. The van der Waals surface area contributed by atoms with Gasteiger partial charge in [0.2, 0.25) is 5.91 Å². The second-order valence-corrected chi connectivity index (χ2v) is 6.12. The normalized spacial score (nSPS) is 11.6. The van der Waals surface area contributed by atoms with E-state index in [4.69, 9.17) is 0 Å². The number of nitrogens with zero attached hydrogens (tertiary/aromatic N) is 1. The molecule has 1 amide bonds. The smallest absolute Gasteiger partial charge is 0.416 e. The number of amides is 1. The van der Waals surface area contributed by atoms with Crippen molar-refractivity contribution in [3.8, 4) is 5.75 Å². The van der Waals surface area contributed by atoms with Crippen LogP contribution in [-0.4, -0.2) is 16.0 Å². The molecule has 0 fully saturated rings. The van der Waals surface area contributed by atoms with Crippen molar-refractivity contribution < 1.29 is 23.1 Å². The summed E-state index contributed by atoms with van der Waals surface area (Å²) in [4.78, 5) is 16.2. The van der Waals surface area contributed by atoms with E-state index in [2.05, 4.69) is 10.3 Å². The van der Waals surface area contributed by atoms with Crippen molar-refractivity contribution in [1.82, 2.24) is 4.98 Å². The van der Waals surface area contributed by atoms with Crippen LogP contribution in [-0.2, 0) is 17.4 Å². The van der Waals surface area contributed by atoms with Gasteiger partial charge < -0.3 is 10.4 Å². The number of carbonyl (C=O) groups is 1. The second-order valence-electron chi connectivity index (χ2n) is 5.09. The van der Waals surface area contributed by atoms with Crippen molar-refractivity contribution in [3.63, 3.8) is 0 Å². The van der Waals surface area contributed by atoms with E-state index in [0.717, 1.165) is 16.8 Å². The van der Waals surface area contributed by atoms with Gasteiger partial charge in [-0.3, -0.25) is 4.79 Å². The van der Waals surface area contributed by atoms with E-state index in [-0.39, 0.29) is 18.1 Å². The van der Waals surface area contributed by atoms with Gasteiger partial charge in [0.1, 0.15) is 5.75 Å². The Balaban J connectivity index is 1.68. The lowest BCUT2D eigenvalue weighted by atomic mass is 10.1. The number of phenolic OH excluding ortho intramolecular Hbond substituents is 1. The molecule has 124 valence electrons. The van der Waals surface area contributed by atoms with Crippen molar-refractivity contribution >= 4 is 32.6 Å². The highest BCUT2D eigenvalue weighted by Gasteiger charge is 2.29. The second kappa shape index (κ2) is 6.12. The molecule has 4 nitrogen and oxygen atoms in total. The molecule has 3 rings (SSSR count). The Hall–Kier alpha value is -2.61. The fraction of sp³-hybridized carbons (Fsp3) is 0.125. The number of hydrogen-bond donors (Lipinski definition) is 2. The fourth-order valence-corrected chi connectivity index (χ4v) is 2.99. The molecule has 0 saturated carbocycles. The van der Waals surface area contributed by atoms with E-state index in [0.29, 0.717) is 16.2 Å². The lowest BCUT2D eigenvalue weighted by Crippen LogP contribution is -2.14. The molecule has 0 aliphatic heterocycles. The first kappa shape index (κ1) is 16.3. The molecule has 0 radical (unpaired) electrons. The van der Waals surface area contributed by atoms with Crippen LogP contribution in [0.1, 0.15) is 11.1 Å². The van der Waals surface area contributed by atoms with Gasteiger partial charge in [-0.05, 0) is 29.8 Å². The number of halogens is 3. The Labute approximate surface area is 138 Å². The highest BCUT2D eigenvalue weighted by atomic mass is 32.1. The number of carbonyl (C=O) groups excluding carboxylic acids is 1. The van der Waals surface area contributed by atoms with Crippen LogP contribution in [0.2, 0.25) is 0 Å². The molecule has 0 unspecified atom stereocenters. The van der Waals surface area contributed by atoms with E-state index in [1.807, 2.05) is 0 Å². The van der Waals surface area contributed by atoms with Crippen LogP contribution in [0.4, 0.5) is 18.3 Å². The average molecular weight is 352 g/mol. The first-order valence-electron chi connectivity index (χ1n) is 6.87. The van der Waals surface area contributed by atoms with Crippen LogP contribution in [0, 0.1) is 0 Å². The van der Waals surface area contributed by atoms with Gasteiger partial charge in [-0.25, -0.2) is 4.98 Å². The molecule has 0 aliphatic carbocycles. The zero-order valence-electron chi connectivity index (χ0n) is 12.1. The van der Waals surface area contributed by atoms with Gasteiger partial charge in [0, 0.05) is 6.07 Å². The largest absolute Gasteiger partial charge is 0.508 e. The predicted octanol–water partition coefficient (Wildman–Crippen LogP) is 4.20. The number of hydrogen-bond acceptors (Lipinski definition) is 4. The monoisotopic (exact) mass is 352 g/mol. The van der Waals surface area contributed by atoms with Gasteiger partial charge in [0.05, 0.1) is 22.2 Å². The molecule has 2 aromatic carbocycles. The van der Waals surface area contributed by atoms with Crippen molar-refractivity contribution in [3.05, 3.63) is 53.6 Å². The highest BCUT2D eigenvalue weighted by molar-refractivity contribution is 7.22. The van der Waals surface area contributed by atoms with Crippen molar-refractivity contribution in [2.45, 2.75) is 12.6 Å². The van der Waals surface area contributed by atoms with Gasteiger partial charge in [-0.1, -0.05) is 23.5 Å². The summed E-state index contributed by atoms with van der Waals surface area (Å²) in [7, 11) is 0. The Morgan fingerprint density at radius 3 is 2.54 bits per heavy atom. The van der Waals surface area contributed by atoms with E-state index < -0.39 is 11.7 Å². The summed E-state index contributed by atoms with van der Waals surface area (Å²) in [5, 5.41) is 12.4. The third-order valence-electron chi connectivity index (χ3n) is 3.26. The van der Waals surface area contributed by atoms with Gasteiger partial charge >= 0.3 is 6.18 Å². The SMILES string of the molecule is O=C(Cc1ccc(C(F)(F)F)cc1)Nc1nc2cc(O)ccc2s1. The molecule has 2 N–H and O–H groups in total. The van der Waals surface area contributed by atoms with Gasteiger partial charge in [0.25, 0.3) is 0 Å². The molecular formula is C16H11F3N2O2S. The maximum Gasteiger partial charge on any atom is 0.416 e. The van der Waals surface area contributed by atoms with Crippen LogP contribution in [0.25, 0.3) is 10.2 Å². The minimum atomic E-state index is -4.40. The summed E-state index contributed by atoms with van der Waals surface area (Å²) in [6.07, 6.45) is -4.45. The summed E-state index contributed by atoms with van der Waals surface area (Å²) in [5.41, 5.74) is 0.279. The topological polar surface area (TPSA) is 62.2 Å². The maximum atomic E-state index is 12.5. The Kier molecular flexibility index (Phi) is 4.15. The number of thiazole rings is 1. The van der Waals surface area contributed by atoms with Crippen molar-refractivity contribution in [2.24, 2.45) is 0 Å². The molecule has 0 aliphatic rings. The van der Waals surface area contributed by atoms with Crippen molar-refractivity contribution in [1.29, 1.82) is 0 Å². The number of fused-ring (bicyclic) bond motifs is 1.